The van der Waals surface area contributed by atoms with Crippen molar-refractivity contribution in [2.45, 2.75) is 51.0 Å². The molecule has 1 aliphatic rings. The predicted molar refractivity (Wildman–Crippen MR) is 81.0 cm³/mol. The maximum Gasteiger partial charge on any atom is 0.338 e. The fourth-order valence-electron chi connectivity index (χ4n) is 2.77. The number of carbonyl (C=O) groups is 1. The maximum atomic E-state index is 12.4. The quantitative estimate of drug-likeness (QED) is 0.661. The van der Waals surface area contributed by atoms with E-state index < -0.39 is 0 Å². The molecule has 3 heteroatoms. The summed E-state index contributed by atoms with van der Waals surface area (Å²) in [5.74, 6) is -0.149. The van der Waals surface area contributed by atoms with Crippen LogP contribution in [0.3, 0.4) is 0 Å². The minimum Gasteiger partial charge on any atom is -0.459 e. The summed E-state index contributed by atoms with van der Waals surface area (Å²) in [6.45, 7) is 0.869. The van der Waals surface area contributed by atoms with Gasteiger partial charge in [0.15, 0.2) is 0 Å². The molecule has 0 aromatic heterocycles. The van der Waals surface area contributed by atoms with Gasteiger partial charge in [0.05, 0.1) is 5.56 Å². The topological polar surface area (TPSA) is 38.3 Å². The monoisotopic (exact) mass is 275 g/mol. The largest absolute Gasteiger partial charge is 0.459 e. The average molecular weight is 275 g/mol. The molecule has 20 heavy (non-hydrogen) atoms. The highest BCUT2D eigenvalue weighted by atomic mass is 16.5. The molecule has 0 atom stereocenters. The second kappa shape index (κ2) is 8.05. The van der Waals surface area contributed by atoms with Crippen LogP contribution in [0.15, 0.2) is 24.3 Å². The Bertz CT molecular complexity index is 423. The Morgan fingerprint density at radius 1 is 1.20 bits per heavy atom. The lowest BCUT2D eigenvalue weighted by Crippen LogP contribution is -2.19. The van der Waals surface area contributed by atoms with Crippen LogP contribution in [-0.2, 0) is 11.2 Å². The van der Waals surface area contributed by atoms with Crippen LogP contribution in [0.25, 0.3) is 0 Å². The van der Waals surface area contributed by atoms with Crippen LogP contribution in [-0.4, -0.2) is 25.7 Å². The van der Waals surface area contributed by atoms with Crippen molar-refractivity contribution in [3.8, 4) is 0 Å². The van der Waals surface area contributed by atoms with Crippen LogP contribution in [0.2, 0.25) is 0 Å². The second-order valence-corrected chi connectivity index (χ2v) is 5.53. The first-order valence-corrected chi connectivity index (χ1v) is 7.74. The van der Waals surface area contributed by atoms with Crippen molar-refractivity contribution in [2.75, 3.05) is 13.6 Å². The third kappa shape index (κ3) is 4.34. The highest BCUT2D eigenvalue weighted by molar-refractivity contribution is 5.91. The molecular weight excluding hydrogens is 250 g/mol. The van der Waals surface area contributed by atoms with E-state index in [-0.39, 0.29) is 12.1 Å². The van der Waals surface area contributed by atoms with Gasteiger partial charge in [-0.1, -0.05) is 31.0 Å². The number of ether oxygens (including phenoxy) is 1. The van der Waals surface area contributed by atoms with E-state index >= 15 is 0 Å². The zero-order chi connectivity index (χ0) is 14.2. The maximum absolute atomic E-state index is 12.4. The van der Waals surface area contributed by atoms with Crippen LogP contribution in [0, 0.1) is 0 Å². The fourth-order valence-corrected chi connectivity index (χ4v) is 2.77. The van der Waals surface area contributed by atoms with Gasteiger partial charge >= 0.3 is 5.97 Å². The normalized spacial score (nSPS) is 16.6. The Morgan fingerprint density at radius 3 is 2.60 bits per heavy atom. The first kappa shape index (κ1) is 15.0. The van der Waals surface area contributed by atoms with Crippen LogP contribution in [0.4, 0.5) is 0 Å². The Labute approximate surface area is 121 Å². The predicted octanol–water partition coefficient (Wildman–Crippen LogP) is 3.33. The van der Waals surface area contributed by atoms with E-state index in [1.807, 2.05) is 31.3 Å². The van der Waals surface area contributed by atoms with Crippen molar-refractivity contribution >= 4 is 5.97 Å². The van der Waals surface area contributed by atoms with Crippen molar-refractivity contribution in [3.63, 3.8) is 0 Å². The first-order valence-electron chi connectivity index (χ1n) is 7.74. The Hall–Kier alpha value is -1.35. The fraction of sp³-hybridized carbons (Fsp3) is 0.588. The molecule has 1 fully saturated rings. The molecule has 1 aromatic carbocycles. The summed E-state index contributed by atoms with van der Waals surface area (Å²) in [5, 5.41) is 3.12. The molecule has 2 rings (SSSR count). The van der Waals surface area contributed by atoms with E-state index in [1.165, 1.54) is 25.7 Å². The molecule has 0 spiro atoms. The third-order valence-corrected chi connectivity index (χ3v) is 3.96. The molecule has 0 heterocycles. The molecule has 3 nitrogen and oxygen atoms in total. The van der Waals surface area contributed by atoms with Gasteiger partial charge in [0.1, 0.15) is 6.10 Å². The van der Waals surface area contributed by atoms with Crippen LogP contribution >= 0.6 is 0 Å². The summed E-state index contributed by atoms with van der Waals surface area (Å²) in [5.41, 5.74) is 1.80. The molecule has 1 aliphatic carbocycles. The van der Waals surface area contributed by atoms with Gasteiger partial charge < -0.3 is 10.1 Å². The van der Waals surface area contributed by atoms with Gasteiger partial charge in [-0.25, -0.2) is 4.79 Å². The smallest absolute Gasteiger partial charge is 0.338 e. The number of nitrogens with one attached hydrogen (secondary N) is 1. The van der Waals surface area contributed by atoms with E-state index in [2.05, 4.69) is 5.32 Å². The lowest BCUT2D eigenvalue weighted by molar-refractivity contribution is 0.0266. The summed E-state index contributed by atoms with van der Waals surface area (Å²) in [7, 11) is 1.92. The van der Waals surface area contributed by atoms with Gasteiger partial charge in [0.2, 0.25) is 0 Å². The molecule has 0 unspecified atom stereocenters. The number of esters is 1. The second-order valence-electron chi connectivity index (χ2n) is 5.53. The molecule has 0 aliphatic heterocycles. The molecular formula is C17H25NO2. The van der Waals surface area contributed by atoms with Gasteiger partial charge in [-0.05, 0) is 57.3 Å². The lowest BCUT2D eigenvalue weighted by atomic mass is 10.0. The van der Waals surface area contributed by atoms with Gasteiger partial charge in [0.25, 0.3) is 0 Å². The highest BCUT2D eigenvalue weighted by Crippen LogP contribution is 2.21. The number of carbonyl (C=O) groups excluding carboxylic acids is 1. The third-order valence-electron chi connectivity index (χ3n) is 3.96. The zero-order valence-corrected chi connectivity index (χ0v) is 12.4. The molecule has 0 radical (unpaired) electrons. The number of likely N-dealkylation sites (N-methyl/N-ethyl adjacent to an activating group) is 1. The molecule has 1 N–H and O–H groups in total. The van der Waals surface area contributed by atoms with Crippen molar-refractivity contribution in [2.24, 2.45) is 0 Å². The van der Waals surface area contributed by atoms with E-state index in [9.17, 15) is 4.79 Å². The van der Waals surface area contributed by atoms with Crippen molar-refractivity contribution < 1.29 is 9.53 Å². The van der Waals surface area contributed by atoms with E-state index in [0.717, 1.165) is 36.9 Å². The Balaban J connectivity index is 2.00. The molecule has 0 bridgehead atoms. The van der Waals surface area contributed by atoms with Gasteiger partial charge in [-0.2, -0.15) is 0 Å². The van der Waals surface area contributed by atoms with Crippen LogP contribution in [0.1, 0.15) is 54.4 Å². The van der Waals surface area contributed by atoms with Crippen LogP contribution in [0.5, 0.6) is 0 Å². The van der Waals surface area contributed by atoms with Crippen molar-refractivity contribution in [3.05, 3.63) is 35.4 Å². The minimum absolute atomic E-state index is 0.113. The Morgan fingerprint density at radius 2 is 1.90 bits per heavy atom. The molecule has 1 saturated carbocycles. The SMILES string of the molecule is CNCCc1ccccc1C(=O)OC1CCCCCC1. The molecule has 0 saturated heterocycles. The number of hydrogen-bond acceptors (Lipinski definition) is 3. The molecule has 0 amide bonds. The molecule has 110 valence electrons. The average Bonchev–Trinajstić information content (AvgIpc) is 2.74. The highest BCUT2D eigenvalue weighted by Gasteiger charge is 2.19. The van der Waals surface area contributed by atoms with Gasteiger partial charge in [-0.3, -0.25) is 0 Å². The first-order chi connectivity index (χ1) is 9.81. The van der Waals surface area contributed by atoms with E-state index in [0.29, 0.717) is 0 Å². The van der Waals surface area contributed by atoms with Crippen LogP contribution < -0.4 is 5.32 Å². The van der Waals surface area contributed by atoms with Crippen molar-refractivity contribution in [1.82, 2.24) is 5.32 Å². The van der Waals surface area contributed by atoms with Gasteiger partial charge in [-0.15, -0.1) is 0 Å². The van der Waals surface area contributed by atoms with Crippen molar-refractivity contribution in [1.29, 1.82) is 0 Å². The summed E-state index contributed by atoms with van der Waals surface area (Å²) in [6.07, 6.45) is 7.90. The number of rotatable bonds is 5. The summed E-state index contributed by atoms with van der Waals surface area (Å²) >= 11 is 0. The summed E-state index contributed by atoms with van der Waals surface area (Å²) in [6, 6.07) is 7.78. The number of benzene rings is 1. The lowest BCUT2D eigenvalue weighted by Gasteiger charge is -2.17. The van der Waals surface area contributed by atoms with Gasteiger partial charge in [0, 0.05) is 0 Å². The summed E-state index contributed by atoms with van der Waals surface area (Å²) < 4.78 is 5.72. The Kier molecular flexibility index (Phi) is 6.06. The summed E-state index contributed by atoms with van der Waals surface area (Å²) in [4.78, 5) is 12.4. The zero-order valence-electron chi connectivity index (χ0n) is 12.4. The van der Waals surface area contributed by atoms with E-state index in [4.69, 9.17) is 4.74 Å². The van der Waals surface area contributed by atoms with E-state index in [1.54, 1.807) is 0 Å². The minimum atomic E-state index is -0.149. The standard InChI is InChI=1S/C17H25NO2/c1-18-13-12-14-8-6-7-11-16(14)17(19)20-15-9-4-2-3-5-10-15/h6-8,11,15,18H,2-5,9-10,12-13H2,1H3. The molecule has 1 aromatic rings. The number of hydrogen-bond donors (Lipinski definition) is 1.